The van der Waals surface area contributed by atoms with Gasteiger partial charge in [0.25, 0.3) is 0 Å². The summed E-state index contributed by atoms with van der Waals surface area (Å²) in [7, 11) is 0. The minimum atomic E-state index is -1.00. The highest BCUT2D eigenvalue weighted by Gasteiger charge is 2.29. The van der Waals surface area contributed by atoms with Crippen LogP contribution >= 0.6 is 0 Å². The molecule has 0 aromatic carbocycles. The molecule has 0 aliphatic carbocycles. The van der Waals surface area contributed by atoms with Gasteiger partial charge in [0.2, 0.25) is 5.91 Å². The van der Waals surface area contributed by atoms with Crippen molar-refractivity contribution in [2.24, 2.45) is 0 Å². The fraction of sp³-hybridized carbons (Fsp3) is 0.909. The summed E-state index contributed by atoms with van der Waals surface area (Å²) in [6.07, 6.45) is 2.16. The Morgan fingerprint density at radius 1 is 1.44 bits per heavy atom. The van der Waals surface area contributed by atoms with Crippen LogP contribution in [0.15, 0.2) is 0 Å². The summed E-state index contributed by atoms with van der Waals surface area (Å²) < 4.78 is 4.92. The first-order chi connectivity index (χ1) is 7.63. The molecule has 1 amide bonds. The predicted molar refractivity (Wildman–Crippen MR) is 58.7 cm³/mol. The van der Waals surface area contributed by atoms with E-state index in [1.807, 2.05) is 0 Å². The second kappa shape index (κ2) is 6.83. The molecule has 3 atom stereocenters. The van der Waals surface area contributed by atoms with Gasteiger partial charge in [-0.15, -0.1) is 0 Å². The summed E-state index contributed by atoms with van der Waals surface area (Å²) in [5.74, 6) is -0.0878. The van der Waals surface area contributed by atoms with E-state index in [4.69, 9.17) is 4.74 Å². The van der Waals surface area contributed by atoms with Crippen LogP contribution in [0, 0.1) is 0 Å². The number of amides is 1. The van der Waals surface area contributed by atoms with Crippen LogP contribution in [-0.2, 0) is 9.53 Å². The van der Waals surface area contributed by atoms with E-state index in [0.717, 1.165) is 19.3 Å². The Bertz CT molecular complexity index is 222. The van der Waals surface area contributed by atoms with Gasteiger partial charge in [0, 0.05) is 12.8 Å². The lowest BCUT2D eigenvalue weighted by atomic mass is 10.1. The Morgan fingerprint density at radius 2 is 2.19 bits per heavy atom. The third kappa shape index (κ3) is 4.47. The van der Waals surface area contributed by atoms with Crippen LogP contribution < -0.4 is 5.32 Å². The Morgan fingerprint density at radius 3 is 2.88 bits per heavy atom. The topological polar surface area (TPSA) is 78.8 Å². The molecular weight excluding hydrogens is 210 g/mol. The molecule has 94 valence electrons. The molecule has 1 aliphatic heterocycles. The molecule has 16 heavy (non-hydrogen) atoms. The van der Waals surface area contributed by atoms with Gasteiger partial charge in [0.05, 0.1) is 18.8 Å². The molecule has 5 nitrogen and oxygen atoms in total. The largest absolute Gasteiger partial charge is 0.391 e. The van der Waals surface area contributed by atoms with Gasteiger partial charge in [-0.05, 0) is 6.42 Å². The summed E-state index contributed by atoms with van der Waals surface area (Å²) in [6, 6.07) is -0.488. The molecule has 0 aromatic heterocycles. The summed E-state index contributed by atoms with van der Waals surface area (Å²) in [4.78, 5) is 11.5. The monoisotopic (exact) mass is 231 g/mol. The van der Waals surface area contributed by atoms with Crippen LogP contribution in [0.3, 0.4) is 0 Å². The van der Waals surface area contributed by atoms with E-state index < -0.39 is 18.4 Å². The van der Waals surface area contributed by atoms with Crippen LogP contribution in [0.4, 0.5) is 0 Å². The predicted octanol–water partition coefficient (Wildman–Crippen LogP) is 0.151. The minimum Gasteiger partial charge on any atom is -0.391 e. The number of carbonyl (C=O) groups is 1. The van der Waals surface area contributed by atoms with Gasteiger partial charge in [0.15, 0.2) is 6.29 Å². The second-order valence-corrected chi connectivity index (χ2v) is 4.24. The van der Waals surface area contributed by atoms with Crippen molar-refractivity contribution in [2.45, 2.75) is 57.5 Å². The zero-order valence-electron chi connectivity index (χ0n) is 9.69. The van der Waals surface area contributed by atoms with E-state index >= 15 is 0 Å². The summed E-state index contributed by atoms with van der Waals surface area (Å²) in [6.45, 7) is 2.20. The number of aliphatic hydroxyl groups is 2. The highest BCUT2D eigenvalue weighted by atomic mass is 16.6. The van der Waals surface area contributed by atoms with Crippen molar-refractivity contribution in [1.29, 1.82) is 0 Å². The Balaban J connectivity index is 2.25. The maximum absolute atomic E-state index is 11.5. The first-order valence-electron chi connectivity index (χ1n) is 5.90. The molecule has 1 aliphatic rings. The number of aliphatic hydroxyl groups excluding tert-OH is 2. The molecule has 0 bridgehead atoms. The van der Waals surface area contributed by atoms with Gasteiger partial charge in [0.1, 0.15) is 0 Å². The molecule has 1 saturated heterocycles. The van der Waals surface area contributed by atoms with E-state index in [9.17, 15) is 15.0 Å². The van der Waals surface area contributed by atoms with Gasteiger partial charge in [-0.1, -0.05) is 19.8 Å². The third-order valence-corrected chi connectivity index (χ3v) is 2.68. The van der Waals surface area contributed by atoms with Crippen molar-refractivity contribution >= 4 is 5.91 Å². The molecule has 1 heterocycles. The number of nitrogens with one attached hydrogen (secondary N) is 1. The lowest BCUT2D eigenvalue weighted by molar-refractivity contribution is -0.175. The van der Waals surface area contributed by atoms with Crippen LogP contribution in [0.2, 0.25) is 0 Å². The fourth-order valence-corrected chi connectivity index (χ4v) is 1.75. The number of hydrogen-bond donors (Lipinski definition) is 3. The molecule has 0 saturated carbocycles. The number of carbonyl (C=O) groups excluding carboxylic acids is 1. The lowest BCUT2D eigenvalue weighted by Gasteiger charge is -2.31. The minimum absolute atomic E-state index is 0.0878. The average molecular weight is 231 g/mol. The standard InChI is InChI=1S/C11H21NO4/c1-2-3-4-5-10(14)12-9-6-8(13)7-16-11(9)15/h8-9,11,13,15H,2-7H2,1H3,(H,12,14)/t8-,9-,11?/m1/s1. The number of unbranched alkanes of at least 4 members (excludes halogenated alkanes) is 2. The van der Waals surface area contributed by atoms with Crippen molar-refractivity contribution in [1.82, 2.24) is 5.32 Å². The van der Waals surface area contributed by atoms with E-state index in [0.29, 0.717) is 12.8 Å². The van der Waals surface area contributed by atoms with Gasteiger partial charge in [-0.25, -0.2) is 0 Å². The molecule has 0 spiro atoms. The highest BCUT2D eigenvalue weighted by Crippen LogP contribution is 2.13. The van der Waals surface area contributed by atoms with Crippen molar-refractivity contribution in [3.8, 4) is 0 Å². The van der Waals surface area contributed by atoms with Crippen LogP contribution in [-0.4, -0.2) is 41.2 Å². The normalized spacial score (nSPS) is 30.1. The smallest absolute Gasteiger partial charge is 0.220 e. The molecule has 1 rings (SSSR count). The maximum Gasteiger partial charge on any atom is 0.220 e. The van der Waals surface area contributed by atoms with E-state index in [1.165, 1.54) is 0 Å². The van der Waals surface area contributed by atoms with E-state index in [2.05, 4.69) is 12.2 Å². The van der Waals surface area contributed by atoms with Crippen LogP contribution in [0.25, 0.3) is 0 Å². The fourth-order valence-electron chi connectivity index (χ4n) is 1.75. The first-order valence-corrected chi connectivity index (χ1v) is 5.90. The quantitative estimate of drug-likeness (QED) is 0.589. The summed E-state index contributed by atoms with van der Waals surface area (Å²) >= 11 is 0. The van der Waals surface area contributed by atoms with Gasteiger partial charge in [-0.3, -0.25) is 4.79 Å². The molecule has 3 N–H and O–H groups in total. The number of hydrogen-bond acceptors (Lipinski definition) is 4. The van der Waals surface area contributed by atoms with Crippen molar-refractivity contribution in [3.63, 3.8) is 0 Å². The van der Waals surface area contributed by atoms with Crippen molar-refractivity contribution in [2.75, 3.05) is 6.61 Å². The number of rotatable bonds is 5. The Kier molecular flexibility index (Phi) is 5.73. The van der Waals surface area contributed by atoms with Crippen molar-refractivity contribution < 1.29 is 19.7 Å². The van der Waals surface area contributed by atoms with Crippen LogP contribution in [0.5, 0.6) is 0 Å². The lowest BCUT2D eigenvalue weighted by Crippen LogP contribution is -2.50. The zero-order chi connectivity index (χ0) is 12.0. The molecule has 0 radical (unpaired) electrons. The van der Waals surface area contributed by atoms with Gasteiger partial charge >= 0.3 is 0 Å². The molecular formula is C11H21NO4. The molecule has 1 fully saturated rings. The summed E-state index contributed by atoms with van der Waals surface area (Å²) in [5.41, 5.74) is 0. The zero-order valence-corrected chi connectivity index (χ0v) is 9.69. The molecule has 0 aromatic rings. The first kappa shape index (κ1) is 13.4. The molecule has 5 heteroatoms. The SMILES string of the molecule is CCCCCC(=O)N[C@@H]1C[C@@H](O)COC1O. The third-order valence-electron chi connectivity index (χ3n) is 2.68. The number of ether oxygens (including phenoxy) is 1. The Hall–Kier alpha value is -0.650. The van der Waals surface area contributed by atoms with Crippen molar-refractivity contribution in [3.05, 3.63) is 0 Å². The molecule has 1 unspecified atom stereocenters. The van der Waals surface area contributed by atoms with Gasteiger partial charge < -0.3 is 20.3 Å². The van der Waals surface area contributed by atoms with E-state index in [1.54, 1.807) is 0 Å². The van der Waals surface area contributed by atoms with E-state index in [-0.39, 0.29) is 12.5 Å². The average Bonchev–Trinajstić information content (AvgIpc) is 2.24. The van der Waals surface area contributed by atoms with Crippen LogP contribution in [0.1, 0.15) is 39.0 Å². The Labute approximate surface area is 95.8 Å². The maximum atomic E-state index is 11.5. The highest BCUT2D eigenvalue weighted by molar-refractivity contribution is 5.76. The second-order valence-electron chi connectivity index (χ2n) is 4.24. The van der Waals surface area contributed by atoms with Gasteiger partial charge in [-0.2, -0.15) is 0 Å². The summed E-state index contributed by atoms with van der Waals surface area (Å²) in [5, 5.41) is 21.5.